The number of amides is 4. The van der Waals surface area contributed by atoms with Crippen LogP contribution in [0.15, 0.2) is 42.1 Å². The maximum Gasteiger partial charge on any atom is 0.329 e. The first-order chi connectivity index (χ1) is 17.0. The summed E-state index contributed by atoms with van der Waals surface area (Å²) in [4.78, 5) is 40.7. The van der Waals surface area contributed by atoms with Gasteiger partial charge in [0.1, 0.15) is 18.1 Å². The van der Waals surface area contributed by atoms with Crippen molar-refractivity contribution in [1.29, 1.82) is 0 Å². The van der Waals surface area contributed by atoms with Crippen LogP contribution in [0.2, 0.25) is 5.02 Å². The predicted octanol–water partition coefficient (Wildman–Crippen LogP) is 5.51. The summed E-state index contributed by atoms with van der Waals surface area (Å²) in [5, 5.41) is 5.59. The fourth-order valence-electron chi connectivity index (χ4n) is 5.03. The first-order valence-electron chi connectivity index (χ1n) is 12.0. The molecule has 0 bridgehead atoms. The molecule has 0 spiro atoms. The third kappa shape index (κ3) is 5.09. The average molecular weight is 513 g/mol. The Morgan fingerprint density at radius 3 is 2.61 bits per heavy atom. The summed E-state index contributed by atoms with van der Waals surface area (Å²) in [5.74, 6) is -1.52. The van der Waals surface area contributed by atoms with Gasteiger partial charge in [-0.05, 0) is 80.6 Å². The number of hydrogen-bond acceptors (Lipinski definition) is 4. The minimum Gasteiger partial charge on any atom is -0.366 e. The quantitative estimate of drug-likeness (QED) is 0.395. The highest BCUT2D eigenvalue weighted by Gasteiger charge is 2.38. The number of carbonyl (C=O) groups excluding carboxylic acids is 3. The van der Waals surface area contributed by atoms with Crippen molar-refractivity contribution >= 4 is 46.9 Å². The van der Waals surface area contributed by atoms with E-state index in [1.165, 1.54) is 12.1 Å². The molecule has 2 aliphatic rings. The van der Waals surface area contributed by atoms with Crippen molar-refractivity contribution in [3.05, 3.63) is 64.1 Å². The van der Waals surface area contributed by atoms with Crippen molar-refractivity contribution < 1.29 is 18.8 Å². The lowest BCUT2D eigenvalue weighted by Crippen LogP contribution is -2.48. The maximum atomic E-state index is 15.2. The van der Waals surface area contributed by atoms with Gasteiger partial charge in [-0.1, -0.05) is 25.4 Å². The summed E-state index contributed by atoms with van der Waals surface area (Å²) in [7, 11) is 0. The van der Waals surface area contributed by atoms with Crippen molar-refractivity contribution in [1.82, 2.24) is 10.2 Å². The van der Waals surface area contributed by atoms with E-state index in [0.29, 0.717) is 10.7 Å². The van der Waals surface area contributed by atoms with Crippen LogP contribution in [0.25, 0.3) is 6.08 Å². The minimum absolute atomic E-state index is 0.0765. The molecular weight excluding hydrogens is 483 g/mol. The van der Waals surface area contributed by atoms with Gasteiger partial charge < -0.3 is 15.5 Å². The van der Waals surface area contributed by atoms with Gasteiger partial charge in [0.05, 0.1) is 0 Å². The zero-order chi connectivity index (χ0) is 26.2. The van der Waals surface area contributed by atoms with Crippen LogP contribution in [0.1, 0.15) is 57.6 Å². The van der Waals surface area contributed by atoms with Gasteiger partial charge in [0, 0.05) is 34.0 Å². The molecule has 0 saturated carbocycles. The van der Waals surface area contributed by atoms with E-state index in [2.05, 4.69) is 43.2 Å². The van der Waals surface area contributed by atoms with Crippen LogP contribution in [0.4, 0.5) is 20.6 Å². The van der Waals surface area contributed by atoms with Crippen molar-refractivity contribution in [3.8, 4) is 0 Å². The first kappa shape index (κ1) is 25.7. The van der Waals surface area contributed by atoms with Crippen LogP contribution < -0.4 is 15.5 Å². The molecule has 0 aromatic heterocycles. The third-order valence-corrected chi connectivity index (χ3v) is 6.90. The standard InChI is InChI=1S/C27H30ClFN4O3/c1-5-10-33-23-13-21(29)17(11-20(23)16(2)14-27(33,3)4)12-22-25(35)32(26(36)31-22)15-24(34)30-19-8-6-18(28)7-9-19/h6-9,11-13,16H,5,10,14-15H2,1-4H3,(H,30,34)(H,31,36)/b22-12+. The van der Waals surface area contributed by atoms with Crippen LogP contribution in [0.5, 0.6) is 0 Å². The number of nitrogens with one attached hydrogen (secondary N) is 2. The number of fused-ring (bicyclic) bond motifs is 1. The SMILES string of the molecule is CCCN1c2cc(F)c(/C=C3/NC(=O)N(CC(=O)Nc4ccc(Cl)cc4)C3=O)cc2C(C)CC1(C)C. The number of anilines is 2. The van der Waals surface area contributed by atoms with E-state index in [1.807, 2.05) is 0 Å². The number of imide groups is 1. The molecular formula is C27H30ClFN4O3. The van der Waals surface area contributed by atoms with Gasteiger partial charge in [-0.15, -0.1) is 0 Å². The van der Waals surface area contributed by atoms with Crippen LogP contribution >= 0.6 is 11.6 Å². The summed E-state index contributed by atoms with van der Waals surface area (Å²) >= 11 is 5.84. The van der Waals surface area contributed by atoms with Gasteiger partial charge in [-0.2, -0.15) is 0 Å². The van der Waals surface area contributed by atoms with Crippen LogP contribution in [0, 0.1) is 5.82 Å². The summed E-state index contributed by atoms with van der Waals surface area (Å²) in [5.41, 5.74) is 2.39. The predicted molar refractivity (Wildman–Crippen MR) is 139 cm³/mol. The third-order valence-electron chi connectivity index (χ3n) is 6.64. The maximum absolute atomic E-state index is 15.2. The Hall–Kier alpha value is -3.39. The molecule has 2 aromatic rings. The Kier molecular flexibility index (Phi) is 7.09. The smallest absolute Gasteiger partial charge is 0.329 e. The molecule has 1 saturated heterocycles. The largest absolute Gasteiger partial charge is 0.366 e. The highest BCUT2D eigenvalue weighted by atomic mass is 35.5. The number of halogens is 2. The molecule has 2 N–H and O–H groups in total. The van der Waals surface area contributed by atoms with Gasteiger partial charge in [-0.3, -0.25) is 9.59 Å². The van der Waals surface area contributed by atoms with E-state index in [1.54, 1.807) is 30.3 Å². The molecule has 0 aliphatic carbocycles. The molecule has 1 atom stereocenters. The van der Waals surface area contributed by atoms with Crippen LogP contribution in [0.3, 0.4) is 0 Å². The number of benzene rings is 2. The van der Waals surface area contributed by atoms with E-state index in [9.17, 15) is 14.4 Å². The molecule has 2 aliphatic heterocycles. The molecule has 4 rings (SSSR count). The second kappa shape index (κ2) is 9.93. The average Bonchev–Trinajstić information content (AvgIpc) is 3.06. The van der Waals surface area contributed by atoms with E-state index >= 15 is 4.39 Å². The van der Waals surface area contributed by atoms with Gasteiger partial charge >= 0.3 is 6.03 Å². The molecule has 0 radical (unpaired) electrons. The Balaban J connectivity index is 1.55. The molecule has 4 amide bonds. The minimum atomic E-state index is -0.736. The highest BCUT2D eigenvalue weighted by molar-refractivity contribution is 6.30. The summed E-state index contributed by atoms with van der Waals surface area (Å²) in [6, 6.07) is 8.99. The molecule has 9 heteroatoms. The Morgan fingerprint density at radius 2 is 1.94 bits per heavy atom. The Labute approximate surface area is 215 Å². The summed E-state index contributed by atoms with van der Waals surface area (Å²) < 4.78 is 15.2. The van der Waals surface area contributed by atoms with Crippen LogP contribution in [-0.2, 0) is 9.59 Å². The molecule has 1 fully saturated rings. The van der Waals surface area contributed by atoms with Crippen molar-refractivity contribution in [2.45, 2.75) is 52.0 Å². The van der Waals surface area contributed by atoms with Crippen LogP contribution in [-0.4, -0.2) is 41.4 Å². The number of hydrogen-bond donors (Lipinski definition) is 2. The fraction of sp³-hybridized carbons (Fsp3) is 0.370. The fourth-order valence-corrected chi connectivity index (χ4v) is 5.15. The summed E-state index contributed by atoms with van der Waals surface area (Å²) in [6.07, 6.45) is 3.18. The molecule has 36 heavy (non-hydrogen) atoms. The van der Waals surface area contributed by atoms with Gasteiger partial charge in [0.25, 0.3) is 5.91 Å². The number of nitrogens with zero attached hydrogens (tertiary/aromatic N) is 2. The normalized spacial score (nSPS) is 19.9. The molecule has 190 valence electrons. The van der Waals surface area contributed by atoms with Crippen molar-refractivity contribution in [2.24, 2.45) is 0 Å². The molecule has 7 nitrogen and oxygen atoms in total. The first-order valence-corrected chi connectivity index (χ1v) is 12.4. The lowest BCUT2D eigenvalue weighted by atomic mass is 9.79. The topological polar surface area (TPSA) is 81.8 Å². The van der Waals surface area contributed by atoms with E-state index in [-0.39, 0.29) is 22.7 Å². The van der Waals surface area contributed by atoms with Crippen molar-refractivity contribution in [3.63, 3.8) is 0 Å². The second-order valence-corrected chi connectivity index (χ2v) is 10.4. The van der Waals surface area contributed by atoms with Gasteiger partial charge in [0.2, 0.25) is 5.91 Å². The molecule has 1 unspecified atom stereocenters. The lowest BCUT2D eigenvalue weighted by Gasteiger charge is -2.47. The van der Waals surface area contributed by atoms with E-state index in [4.69, 9.17) is 11.6 Å². The highest BCUT2D eigenvalue weighted by Crippen LogP contribution is 2.44. The zero-order valence-corrected chi connectivity index (χ0v) is 21.6. The number of urea groups is 1. The molecule has 2 heterocycles. The van der Waals surface area contributed by atoms with Gasteiger partial charge in [-0.25, -0.2) is 14.1 Å². The Bertz CT molecular complexity index is 1240. The Morgan fingerprint density at radius 1 is 1.25 bits per heavy atom. The lowest BCUT2D eigenvalue weighted by molar-refractivity contribution is -0.127. The number of carbonyl (C=O) groups is 3. The second-order valence-electron chi connectivity index (χ2n) is 9.94. The van der Waals surface area contributed by atoms with Gasteiger partial charge in [0.15, 0.2) is 0 Å². The van der Waals surface area contributed by atoms with E-state index in [0.717, 1.165) is 35.5 Å². The van der Waals surface area contributed by atoms with E-state index < -0.39 is 30.2 Å². The molecule has 2 aromatic carbocycles. The monoisotopic (exact) mass is 512 g/mol. The number of rotatable bonds is 6. The van der Waals surface area contributed by atoms with Crippen molar-refractivity contribution in [2.75, 3.05) is 23.3 Å². The summed E-state index contributed by atoms with van der Waals surface area (Å²) in [6.45, 7) is 8.88. The zero-order valence-electron chi connectivity index (χ0n) is 20.8.